The molecule has 0 aliphatic carbocycles. The van der Waals surface area contributed by atoms with Gasteiger partial charge in [-0.05, 0) is 37.3 Å². The van der Waals surface area contributed by atoms with Crippen LogP contribution in [0.25, 0.3) is 0 Å². The molecule has 3 rings (SSSR count). The smallest absolute Gasteiger partial charge is 0.305 e. The van der Waals surface area contributed by atoms with E-state index in [0.29, 0.717) is 30.8 Å². The lowest BCUT2D eigenvalue weighted by molar-refractivity contribution is -0.142. The van der Waals surface area contributed by atoms with E-state index in [1.165, 1.54) is 7.11 Å². The molecule has 2 aliphatic heterocycles. The molecular formula is C20H25N3O5. The predicted molar refractivity (Wildman–Crippen MR) is 101 cm³/mol. The third-order valence-electron chi connectivity index (χ3n) is 5.35. The van der Waals surface area contributed by atoms with Crippen molar-refractivity contribution in [3.63, 3.8) is 0 Å². The van der Waals surface area contributed by atoms with Crippen molar-refractivity contribution < 1.29 is 23.9 Å². The second-order valence-electron chi connectivity index (χ2n) is 7.20. The van der Waals surface area contributed by atoms with Crippen molar-refractivity contribution >= 4 is 29.4 Å². The third kappa shape index (κ3) is 4.68. The average Bonchev–Trinajstić information content (AvgIpc) is 2.82. The van der Waals surface area contributed by atoms with Crippen molar-refractivity contribution in [1.82, 2.24) is 10.2 Å². The largest absolute Gasteiger partial charge is 0.469 e. The molecule has 1 aromatic carbocycles. The Morgan fingerprint density at radius 1 is 1.18 bits per heavy atom. The van der Waals surface area contributed by atoms with Crippen LogP contribution < -0.4 is 10.6 Å². The summed E-state index contributed by atoms with van der Waals surface area (Å²) in [6.45, 7) is 1.18. The van der Waals surface area contributed by atoms with Crippen LogP contribution in [0, 0.1) is 5.92 Å². The molecule has 0 aromatic heterocycles. The number of rotatable bonds is 5. The van der Waals surface area contributed by atoms with Gasteiger partial charge in [0.2, 0.25) is 11.8 Å². The lowest BCUT2D eigenvalue weighted by Crippen LogP contribution is -2.43. The number of carbonyl (C=O) groups is 4. The molecule has 28 heavy (non-hydrogen) atoms. The molecule has 1 saturated heterocycles. The molecule has 0 bridgehead atoms. The molecule has 0 spiro atoms. The van der Waals surface area contributed by atoms with E-state index in [4.69, 9.17) is 4.74 Å². The maximum Gasteiger partial charge on any atom is 0.305 e. The summed E-state index contributed by atoms with van der Waals surface area (Å²) in [5.41, 5.74) is 0.892. The number of hydrogen-bond donors (Lipinski definition) is 2. The summed E-state index contributed by atoms with van der Waals surface area (Å²) in [7, 11) is 1.38. The normalized spacial score (nSPS) is 19.9. The van der Waals surface area contributed by atoms with Gasteiger partial charge in [-0.25, -0.2) is 0 Å². The van der Waals surface area contributed by atoms with E-state index in [9.17, 15) is 19.2 Å². The predicted octanol–water partition coefficient (Wildman–Crippen LogP) is 1.32. The number of nitrogens with one attached hydrogen (secondary N) is 2. The maximum atomic E-state index is 12.5. The summed E-state index contributed by atoms with van der Waals surface area (Å²) in [4.78, 5) is 50.3. The molecule has 1 fully saturated rings. The highest BCUT2D eigenvalue weighted by Crippen LogP contribution is 2.23. The molecule has 3 amide bonds. The van der Waals surface area contributed by atoms with E-state index in [1.807, 2.05) is 0 Å². The number of fused-ring (bicyclic) bond motifs is 1. The Morgan fingerprint density at radius 3 is 2.61 bits per heavy atom. The van der Waals surface area contributed by atoms with Crippen molar-refractivity contribution in [1.29, 1.82) is 0 Å². The van der Waals surface area contributed by atoms with Gasteiger partial charge < -0.3 is 20.3 Å². The first-order valence-electron chi connectivity index (χ1n) is 9.53. The summed E-state index contributed by atoms with van der Waals surface area (Å²) in [6, 6.07) is 6.06. The van der Waals surface area contributed by atoms with Crippen LogP contribution in [0.5, 0.6) is 0 Å². The first kappa shape index (κ1) is 19.9. The molecule has 0 radical (unpaired) electrons. The van der Waals surface area contributed by atoms with Crippen molar-refractivity contribution in [3.05, 3.63) is 29.8 Å². The van der Waals surface area contributed by atoms with Crippen molar-refractivity contribution in [2.75, 3.05) is 25.5 Å². The number of ether oxygens (including phenoxy) is 1. The standard InChI is InChI=1S/C20H25N3O5/c1-28-18(25)12-13-8-10-23(11-9-13)17(24)7-6-16-20(27)21-15-5-3-2-4-14(15)19(26)22-16/h2-5,13,16H,6-12H2,1H3,(H,21,27)(H,22,26)/t16-/m1/s1. The lowest BCUT2D eigenvalue weighted by atomic mass is 9.93. The molecule has 2 aliphatic rings. The number of piperidine rings is 1. The van der Waals surface area contributed by atoms with Crippen molar-refractivity contribution in [3.8, 4) is 0 Å². The average molecular weight is 387 g/mol. The minimum absolute atomic E-state index is 0.0414. The van der Waals surface area contributed by atoms with E-state index in [1.54, 1.807) is 29.2 Å². The Labute approximate surface area is 163 Å². The number of para-hydroxylation sites is 1. The lowest BCUT2D eigenvalue weighted by Gasteiger charge is -2.32. The van der Waals surface area contributed by atoms with Gasteiger partial charge in [-0.3, -0.25) is 19.2 Å². The molecule has 8 heteroatoms. The molecule has 2 heterocycles. The highest BCUT2D eigenvalue weighted by molar-refractivity contribution is 6.09. The van der Waals surface area contributed by atoms with Gasteiger partial charge in [0.1, 0.15) is 6.04 Å². The SMILES string of the molecule is COC(=O)CC1CCN(C(=O)CC[C@H]2NC(=O)c3ccccc3NC2=O)CC1. The maximum absolute atomic E-state index is 12.5. The quantitative estimate of drug-likeness (QED) is 0.742. The summed E-state index contributed by atoms with van der Waals surface area (Å²) < 4.78 is 4.69. The molecule has 0 saturated carbocycles. The van der Waals surface area contributed by atoms with Crippen LogP contribution >= 0.6 is 0 Å². The van der Waals surface area contributed by atoms with E-state index >= 15 is 0 Å². The fourth-order valence-electron chi connectivity index (χ4n) is 3.65. The van der Waals surface area contributed by atoms with Crippen LogP contribution in [0.3, 0.4) is 0 Å². The Hall–Kier alpha value is -2.90. The van der Waals surface area contributed by atoms with Gasteiger partial charge in [0.15, 0.2) is 0 Å². The zero-order valence-electron chi connectivity index (χ0n) is 15.9. The third-order valence-corrected chi connectivity index (χ3v) is 5.35. The number of hydrogen-bond acceptors (Lipinski definition) is 5. The Balaban J connectivity index is 1.49. The van der Waals surface area contributed by atoms with Gasteiger partial charge in [-0.2, -0.15) is 0 Å². The summed E-state index contributed by atoms with van der Waals surface area (Å²) >= 11 is 0. The van der Waals surface area contributed by atoms with Crippen molar-refractivity contribution in [2.24, 2.45) is 5.92 Å². The van der Waals surface area contributed by atoms with Gasteiger partial charge in [0.25, 0.3) is 5.91 Å². The highest BCUT2D eigenvalue weighted by atomic mass is 16.5. The van der Waals surface area contributed by atoms with Gasteiger partial charge in [0, 0.05) is 25.9 Å². The molecule has 8 nitrogen and oxygen atoms in total. The monoisotopic (exact) mass is 387 g/mol. The first-order valence-corrected chi connectivity index (χ1v) is 9.53. The molecular weight excluding hydrogens is 362 g/mol. The second-order valence-corrected chi connectivity index (χ2v) is 7.20. The second kappa shape index (κ2) is 8.86. The van der Waals surface area contributed by atoms with Crippen LogP contribution in [0.1, 0.15) is 42.5 Å². The number of anilines is 1. The van der Waals surface area contributed by atoms with Crippen LogP contribution in [0.4, 0.5) is 5.69 Å². The summed E-state index contributed by atoms with van der Waals surface area (Å²) in [5.74, 6) is -0.666. The van der Waals surface area contributed by atoms with E-state index in [-0.39, 0.29) is 42.5 Å². The van der Waals surface area contributed by atoms with Gasteiger partial charge >= 0.3 is 5.97 Å². The zero-order chi connectivity index (χ0) is 20.1. The number of amides is 3. The number of nitrogens with zero attached hydrogens (tertiary/aromatic N) is 1. The first-order chi connectivity index (χ1) is 13.5. The molecule has 1 aromatic rings. The minimum Gasteiger partial charge on any atom is -0.469 e. The number of carbonyl (C=O) groups excluding carboxylic acids is 4. The fourth-order valence-corrected chi connectivity index (χ4v) is 3.65. The highest BCUT2D eigenvalue weighted by Gasteiger charge is 2.29. The van der Waals surface area contributed by atoms with E-state index < -0.39 is 6.04 Å². The Kier molecular flexibility index (Phi) is 6.28. The topological polar surface area (TPSA) is 105 Å². The van der Waals surface area contributed by atoms with Gasteiger partial charge in [0.05, 0.1) is 18.4 Å². The number of benzene rings is 1. The fraction of sp³-hybridized carbons (Fsp3) is 0.500. The van der Waals surface area contributed by atoms with Crippen LogP contribution in [0.15, 0.2) is 24.3 Å². The van der Waals surface area contributed by atoms with E-state index in [2.05, 4.69) is 10.6 Å². The summed E-state index contributed by atoms with van der Waals surface area (Å²) in [6.07, 6.45) is 2.32. The van der Waals surface area contributed by atoms with Crippen LogP contribution in [-0.4, -0.2) is 54.8 Å². The number of methoxy groups -OCH3 is 1. The molecule has 150 valence electrons. The van der Waals surface area contributed by atoms with Gasteiger partial charge in [-0.1, -0.05) is 12.1 Å². The van der Waals surface area contributed by atoms with Crippen molar-refractivity contribution in [2.45, 2.75) is 38.1 Å². The van der Waals surface area contributed by atoms with Crippen LogP contribution in [0.2, 0.25) is 0 Å². The Bertz CT molecular complexity index is 771. The van der Waals surface area contributed by atoms with Crippen LogP contribution in [-0.2, 0) is 19.1 Å². The molecule has 1 atom stereocenters. The zero-order valence-corrected chi connectivity index (χ0v) is 15.9. The molecule has 0 unspecified atom stereocenters. The minimum atomic E-state index is -0.749. The number of esters is 1. The van der Waals surface area contributed by atoms with E-state index in [0.717, 1.165) is 12.8 Å². The van der Waals surface area contributed by atoms with Gasteiger partial charge in [-0.15, -0.1) is 0 Å². The molecule has 2 N–H and O–H groups in total. The number of likely N-dealkylation sites (tertiary alicyclic amines) is 1. The summed E-state index contributed by atoms with van der Waals surface area (Å²) in [5, 5.41) is 5.45. The Morgan fingerprint density at radius 2 is 1.89 bits per heavy atom.